The minimum absolute atomic E-state index is 0.00873. The van der Waals surface area contributed by atoms with Gasteiger partial charge >= 0.3 is 5.97 Å². The van der Waals surface area contributed by atoms with Crippen LogP contribution in [0.1, 0.15) is 476 Å². The maximum absolute atomic E-state index is 12.6. The van der Waals surface area contributed by atoms with Crippen LogP contribution in [0.2, 0.25) is 0 Å². The minimum atomic E-state index is -0.662. The highest BCUT2D eigenvalue weighted by atomic mass is 16.5. The average molecular weight is 1270 g/mol. The summed E-state index contributed by atoms with van der Waals surface area (Å²) in [6, 6.07) is -0.539. The van der Waals surface area contributed by atoms with Crippen LogP contribution >= 0.6 is 0 Å². The highest BCUT2D eigenvalue weighted by molar-refractivity contribution is 5.76. The number of carbonyl (C=O) groups excluding carboxylic acids is 2. The predicted molar refractivity (Wildman–Crippen MR) is 398 cm³/mol. The summed E-state index contributed by atoms with van der Waals surface area (Å²) < 4.78 is 5.50. The van der Waals surface area contributed by atoms with Gasteiger partial charge in [0.25, 0.3) is 0 Å². The number of rotatable bonds is 79. The van der Waals surface area contributed by atoms with E-state index in [1.165, 1.54) is 392 Å². The van der Waals surface area contributed by atoms with Gasteiger partial charge in [-0.05, 0) is 57.8 Å². The van der Waals surface area contributed by atoms with Gasteiger partial charge in [0.05, 0.1) is 25.4 Å². The summed E-state index contributed by atoms with van der Waals surface area (Å²) in [5.41, 5.74) is 0. The van der Waals surface area contributed by atoms with E-state index in [0.717, 1.165) is 51.4 Å². The van der Waals surface area contributed by atoms with Crippen molar-refractivity contribution in [3.05, 3.63) is 24.3 Å². The van der Waals surface area contributed by atoms with Crippen molar-refractivity contribution in [3.63, 3.8) is 0 Å². The molecule has 534 valence electrons. The topological polar surface area (TPSA) is 95.9 Å². The van der Waals surface area contributed by atoms with Gasteiger partial charge in [-0.3, -0.25) is 9.59 Å². The average Bonchev–Trinajstić information content (AvgIpc) is 3.61. The summed E-state index contributed by atoms with van der Waals surface area (Å²) in [5, 5.41) is 23.5. The fourth-order valence-corrected chi connectivity index (χ4v) is 13.4. The summed E-state index contributed by atoms with van der Waals surface area (Å²) >= 11 is 0. The van der Waals surface area contributed by atoms with E-state index in [-0.39, 0.29) is 18.5 Å². The third kappa shape index (κ3) is 75.4. The van der Waals surface area contributed by atoms with E-state index in [1.54, 1.807) is 0 Å². The zero-order valence-corrected chi connectivity index (χ0v) is 61.4. The molecule has 0 saturated heterocycles. The predicted octanol–water partition coefficient (Wildman–Crippen LogP) is 27.6. The monoisotopic (exact) mass is 1270 g/mol. The van der Waals surface area contributed by atoms with Crippen LogP contribution in [0.15, 0.2) is 24.3 Å². The van der Waals surface area contributed by atoms with E-state index in [0.29, 0.717) is 25.9 Å². The lowest BCUT2D eigenvalue weighted by atomic mass is 10.0. The molecule has 0 aromatic carbocycles. The molecule has 6 heteroatoms. The molecular weight excluding hydrogens is 1100 g/mol. The number of hydrogen-bond acceptors (Lipinski definition) is 5. The van der Waals surface area contributed by atoms with Crippen LogP contribution in [-0.2, 0) is 14.3 Å². The highest BCUT2D eigenvalue weighted by Crippen LogP contribution is 2.21. The van der Waals surface area contributed by atoms with E-state index in [2.05, 4.69) is 43.5 Å². The normalized spacial score (nSPS) is 12.5. The molecule has 0 rings (SSSR count). The second kappa shape index (κ2) is 79.8. The number of unbranched alkanes of at least 4 members (excludes halogenated alkanes) is 64. The molecule has 0 radical (unpaired) electrons. The lowest BCUT2D eigenvalue weighted by molar-refractivity contribution is -0.143. The second-order valence-electron chi connectivity index (χ2n) is 28.8. The van der Waals surface area contributed by atoms with Crippen LogP contribution in [0, 0.1) is 0 Å². The number of hydrogen-bond donors (Lipinski definition) is 3. The van der Waals surface area contributed by atoms with Gasteiger partial charge in [-0.25, -0.2) is 0 Å². The van der Waals surface area contributed by atoms with Gasteiger partial charge < -0.3 is 20.3 Å². The number of esters is 1. The molecule has 1 amide bonds. The highest BCUT2D eigenvalue weighted by Gasteiger charge is 2.20. The Labute approximate surface area is 564 Å². The molecule has 0 fully saturated rings. The minimum Gasteiger partial charge on any atom is -0.466 e. The Bertz CT molecular complexity index is 1410. The molecule has 2 atom stereocenters. The van der Waals surface area contributed by atoms with Gasteiger partial charge in [0.15, 0.2) is 0 Å². The quantitative estimate of drug-likeness (QED) is 0.0320. The first-order chi connectivity index (χ1) is 44.5. The van der Waals surface area contributed by atoms with Gasteiger partial charge in [0.2, 0.25) is 5.91 Å². The Kier molecular flexibility index (Phi) is 78.3. The Morgan fingerprint density at radius 2 is 0.556 bits per heavy atom. The molecule has 0 heterocycles. The molecule has 3 N–H and O–H groups in total. The zero-order valence-electron chi connectivity index (χ0n) is 61.4. The van der Waals surface area contributed by atoms with Crippen molar-refractivity contribution >= 4 is 11.9 Å². The molecule has 0 saturated carbocycles. The van der Waals surface area contributed by atoms with Crippen LogP contribution in [0.25, 0.3) is 0 Å². The molecule has 0 aromatic heterocycles. The molecule has 0 bridgehead atoms. The van der Waals surface area contributed by atoms with Crippen molar-refractivity contribution < 1.29 is 24.5 Å². The molecule has 0 spiro atoms. The van der Waals surface area contributed by atoms with Gasteiger partial charge in [0, 0.05) is 12.8 Å². The smallest absolute Gasteiger partial charge is 0.305 e. The third-order valence-corrected chi connectivity index (χ3v) is 19.8. The summed E-state index contributed by atoms with van der Waals surface area (Å²) in [6.45, 7) is 4.98. The maximum Gasteiger partial charge on any atom is 0.305 e. The van der Waals surface area contributed by atoms with Crippen molar-refractivity contribution in [1.29, 1.82) is 0 Å². The molecule has 0 aliphatic heterocycles. The molecule has 0 aromatic rings. The molecule has 0 aliphatic rings. The molecule has 90 heavy (non-hydrogen) atoms. The fourth-order valence-electron chi connectivity index (χ4n) is 13.4. The van der Waals surface area contributed by atoms with Crippen molar-refractivity contribution in [1.82, 2.24) is 5.32 Å². The van der Waals surface area contributed by atoms with E-state index in [9.17, 15) is 19.8 Å². The lowest BCUT2D eigenvalue weighted by Gasteiger charge is -2.22. The van der Waals surface area contributed by atoms with Crippen molar-refractivity contribution in [2.75, 3.05) is 13.2 Å². The lowest BCUT2D eigenvalue weighted by Crippen LogP contribution is -2.45. The van der Waals surface area contributed by atoms with Crippen molar-refractivity contribution in [2.24, 2.45) is 0 Å². The summed E-state index contributed by atoms with van der Waals surface area (Å²) in [4.78, 5) is 24.7. The standard InChI is InChI=1S/C84H163NO5/c1-3-5-7-9-11-13-15-17-19-20-21-22-23-33-36-39-42-45-49-52-56-60-64-68-72-76-82(87)81(80-86)85-83(88)77-73-69-65-61-57-53-50-46-43-40-37-34-31-29-27-25-24-26-28-30-32-35-38-41-44-47-51-55-59-63-67-71-75-79-90-84(89)78-74-70-66-62-58-54-48-18-16-14-12-10-8-6-4-2/h12,14,18,48,81-82,86-87H,3-11,13,15-17,19-47,49-80H2,1-2H3,(H,85,88)/b14-12-,48-18-. The van der Waals surface area contributed by atoms with E-state index < -0.39 is 12.1 Å². The number of nitrogens with one attached hydrogen (secondary N) is 1. The Hall–Kier alpha value is -1.66. The Morgan fingerprint density at radius 3 is 0.867 bits per heavy atom. The molecule has 6 nitrogen and oxygen atoms in total. The number of aliphatic hydroxyl groups excluding tert-OH is 2. The van der Waals surface area contributed by atoms with Crippen LogP contribution in [0.4, 0.5) is 0 Å². The number of ether oxygens (including phenoxy) is 1. The number of allylic oxidation sites excluding steroid dienone is 4. The summed E-state index contributed by atoms with van der Waals surface area (Å²) in [6.07, 6.45) is 103. The second-order valence-corrected chi connectivity index (χ2v) is 28.8. The Morgan fingerprint density at radius 1 is 0.311 bits per heavy atom. The number of carbonyl (C=O) groups is 2. The van der Waals surface area contributed by atoms with Gasteiger partial charge in [-0.1, -0.05) is 430 Å². The van der Waals surface area contributed by atoms with Gasteiger partial charge in [0.1, 0.15) is 0 Å². The van der Waals surface area contributed by atoms with Gasteiger partial charge in [-0.2, -0.15) is 0 Å². The molecule has 2 unspecified atom stereocenters. The van der Waals surface area contributed by atoms with Crippen molar-refractivity contribution in [2.45, 2.75) is 488 Å². The van der Waals surface area contributed by atoms with E-state index in [4.69, 9.17) is 4.74 Å². The molecule has 0 aliphatic carbocycles. The summed E-state index contributed by atoms with van der Waals surface area (Å²) in [5.74, 6) is -0.0152. The fraction of sp³-hybridized carbons (Fsp3) is 0.929. The van der Waals surface area contributed by atoms with E-state index in [1.807, 2.05) is 0 Å². The first-order valence-corrected chi connectivity index (χ1v) is 41.6. The van der Waals surface area contributed by atoms with E-state index >= 15 is 0 Å². The van der Waals surface area contributed by atoms with Crippen LogP contribution in [-0.4, -0.2) is 47.4 Å². The first kappa shape index (κ1) is 88.3. The largest absolute Gasteiger partial charge is 0.466 e. The SMILES string of the molecule is CCCCC/C=C\C/C=C\CCCCCCCC(=O)OCCCCCCCCCCCCCCCCCCCCCCCCCCCCCCCCCCCC(=O)NC(CO)C(O)CCCCCCCCCCCCCCCCCCCCCCCCCCC. The summed E-state index contributed by atoms with van der Waals surface area (Å²) in [7, 11) is 0. The molecular formula is C84H163NO5. The third-order valence-electron chi connectivity index (χ3n) is 19.8. The Balaban J connectivity index is 3.33. The van der Waals surface area contributed by atoms with Crippen LogP contribution < -0.4 is 5.32 Å². The van der Waals surface area contributed by atoms with Crippen LogP contribution in [0.3, 0.4) is 0 Å². The maximum atomic E-state index is 12.6. The van der Waals surface area contributed by atoms with Crippen LogP contribution in [0.5, 0.6) is 0 Å². The number of aliphatic hydroxyl groups is 2. The van der Waals surface area contributed by atoms with Gasteiger partial charge in [-0.15, -0.1) is 0 Å². The zero-order chi connectivity index (χ0) is 64.9. The number of amides is 1. The van der Waals surface area contributed by atoms with Crippen molar-refractivity contribution in [3.8, 4) is 0 Å². The first-order valence-electron chi connectivity index (χ1n) is 41.6.